The average Bonchev–Trinajstić information content (AvgIpc) is 3.13. The van der Waals surface area contributed by atoms with Crippen LogP contribution in [0.5, 0.6) is 0 Å². The first-order chi connectivity index (χ1) is 14.0. The first-order valence-corrected chi connectivity index (χ1v) is 10.3. The Morgan fingerprint density at radius 3 is 2.52 bits per heavy atom. The highest BCUT2D eigenvalue weighted by molar-refractivity contribution is 5.77. The number of fused-ring (bicyclic) bond motifs is 1. The normalized spacial score (nSPS) is 11.2. The predicted octanol–water partition coefficient (Wildman–Crippen LogP) is 3.24. The zero-order valence-electron chi connectivity index (χ0n) is 17.7. The molecule has 0 saturated heterocycles. The number of carbonyl (C=O) groups excluding carboxylic acids is 1. The van der Waals surface area contributed by atoms with Crippen LogP contribution in [-0.2, 0) is 11.3 Å². The van der Waals surface area contributed by atoms with E-state index in [9.17, 15) is 9.59 Å². The summed E-state index contributed by atoms with van der Waals surface area (Å²) in [6, 6.07) is 7.92. The maximum absolute atomic E-state index is 13.0. The quantitative estimate of drug-likeness (QED) is 0.587. The number of rotatable bonds is 8. The lowest BCUT2D eigenvalue weighted by Crippen LogP contribution is -2.34. The summed E-state index contributed by atoms with van der Waals surface area (Å²) in [5, 5.41) is 4.83. The Hall–Kier alpha value is -2.96. The van der Waals surface area contributed by atoms with Crippen LogP contribution in [0.15, 0.2) is 35.3 Å². The monoisotopic (exact) mass is 395 g/mol. The van der Waals surface area contributed by atoms with Crippen molar-refractivity contribution in [3.8, 4) is 5.69 Å². The van der Waals surface area contributed by atoms with Crippen molar-refractivity contribution < 1.29 is 4.79 Å². The predicted molar refractivity (Wildman–Crippen MR) is 114 cm³/mol. The molecule has 0 bridgehead atoms. The van der Waals surface area contributed by atoms with Gasteiger partial charge in [0.2, 0.25) is 5.91 Å². The van der Waals surface area contributed by atoms with Crippen LogP contribution in [0.25, 0.3) is 16.7 Å². The van der Waals surface area contributed by atoms with Gasteiger partial charge >= 0.3 is 0 Å². The molecule has 29 heavy (non-hydrogen) atoms. The number of benzene rings is 1. The summed E-state index contributed by atoms with van der Waals surface area (Å²) in [5.41, 5.74) is 2.40. The average molecular weight is 396 g/mol. The van der Waals surface area contributed by atoms with Gasteiger partial charge in [0.15, 0.2) is 5.65 Å². The Balaban J connectivity index is 1.86. The number of amides is 1. The van der Waals surface area contributed by atoms with Gasteiger partial charge in [-0.25, -0.2) is 9.67 Å². The Bertz CT molecular complexity index is 1050. The first-order valence-electron chi connectivity index (χ1n) is 10.3. The van der Waals surface area contributed by atoms with E-state index in [1.807, 2.05) is 43.0 Å². The van der Waals surface area contributed by atoms with Crippen molar-refractivity contribution in [3.63, 3.8) is 0 Å². The minimum absolute atomic E-state index is 0.0719. The number of carbonyl (C=O) groups is 1. The lowest BCUT2D eigenvalue weighted by molar-refractivity contribution is -0.131. The number of aromatic nitrogens is 4. The van der Waals surface area contributed by atoms with Crippen molar-refractivity contribution in [2.24, 2.45) is 0 Å². The van der Waals surface area contributed by atoms with Gasteiger partial charge in [-0.2, -0.15) is 5.10 Å². The zero-order chi connectivity index (χ0) is 21.0. The highest BCUT2D eigenvalue weighted by Crippen LogP contribution is 2.15. The summed E-state index contributed by atoms with van der Waals surface area (Å²) >= 11 is 0. The van der Waals surface area contributed by atoms with Crippen LogP contribution < -0.4 is 5.56 Å². The molecule has 0 radical (unpaired) electrons. The molecule has 0 aliphatic rings. The summed E-state index contributed by atoms with van der Waals surface area (Å²) in [4.78, 5) is 32.0. The second-order valence-corrected chi connectivity index (χ2v) is 7.32. The van der Waals surface area contributed by atoms with Crippen LogP contribution in [0.2, 0.25) is 0 Å². The Kier molecular flexibility index (Phi) is 6.46. The van der Waals surface area contributed by atoms with Crippen molar-refractivity contribution in [1.29, 1.82) is 0 Å². The zero-order valence-corrected chi connectivity index (χ0v) is 17.7. The molecular weight excluding hydrogens is 366 g/mol. The van der Waals surface area contributed by atoms with Gasteiger partial charge in [0.25, 0.3) is 5.56 Å². The molecule has 3 aromatic rings. The first kappa shape index (κ1) is 20.8. The summed E-state index contributed by atoms with van der Waals surface area (Å²) in [5.74, 6) is 0.656. The van der Waals surface area contributed by atoms with Crippen LogP contribution in [0.1, 0.15) is 44.5 Å². The summed E-state index contributed by atoms with van der Waals surface area (Å²) in [6.45, 7) is 9.69. The van der Waals surface area contributed by atoms with E-state index in [2.05, 4.69) is 17.0 Å². The number of aryl methyl sites for hydroxylation is 2. The van der Waals surface area contributed by atoms with Crippen molar-refractivity contribution in [3.05, 3.63) is 52.2 Å². The SMILES string of the molecule is CCCCN(CC)C(=O)CCn1c(C)nc2c(cnn2-c2ccc(C)cc2)c1=O. The fourth-order valence-electron chi connectivity index (χ4n) is 3.42. The van der Waals surface area contributed by atoms with Crippen LogP contribution in [0.3, 0.4) is 0 Å². The Morgan fingerprint density at radius 1 is 1.14 bits per heavy atom. The largest absolute Gasteiger partial charge is 0.343 e. The topological polar surface area (TPSA) is 73.0 Å². The molecule has 0 aliphatic heterocycles. The summed E-state index contributed by atoms with van der Waals surface area (Å²) in [7, 11) is 0. The number of nitrogens with zero attached hydrogens (tertiary/aromatic N) is 5. The fourth-order valence-corrected chi connectivity index (χ4v) is 3.42. The van der Waals surface area contributed by atoms with E-state index >= 15 is 0 Å². The van der Waals surface area contributed by atoms with Crippen LogP contribution in [-0.4, -0.2) is 43.2 Å². The van der Waals surface area contributed by atoms with Gasteiger partial charge in [0, 0.05) is 26.1 Å². The standard InChI is InChI=1S/C22H29N5O2/c1-5-7-13-25(6-2)20(28)12-14-26-17(4)24-21-19(22(26)29)15-23-27(21)18-10-8-16(3)9-11-18/h8-11,15H,5-7,12-14H2,1-4H3. The number of unbranched alkanes of at least 4 members (excludes halogenated alkanes) is 1. The molecule has 7 nitrogen and oxygen atoms in total. The molecular formula is C22H29N5O2. The molecule has 0 saturated carbocycles. The van der Waals surface area contributed by atoms with Gasteiger partial charge in [-0.05, 0) is 39.3 Å². The molecule has 0 aliphatic carbocycles. The third kappa shape index (κ3) is 4.39. The fraction of sp³-hybridized carbons (Fsp3) is 0.455. The molecule has 7 heteroatoms. The van der Waals surface area contributed by atoms with Crippen molar-refractivity contribution in [2.45, 2.75) is 53.5 Å². The van der Waals surface area contributed by atoms with Crippen LogP contribution in [0, 0.1) is 13.8 Å². The van der Waals surface area contributed by atoms with E-state index in [0.29, 0.717) is 29.9 Å². The Morgan fingerprint density at radius 2 is 1.86 bits per heavy atom. The lowest BCUT2D eigenvalue weighted by atomic mass is 10.2. The van der Waals surface area contributed by atoms with E-state index in [-0.39, 0.29) is 17.9 Å². The minimum atomic E-state index is -0.157. The molecule has 3 rings (SSSR count). The molecule has 1 amide bonds. The third-order valence-electron chi connectivity index (χ3n) is 5.22. The van der Waals surface area contributed by atoms with Gasteiger partial charge in [0.1, 0.15) is 11.2 Å². The van der Waals surface area contributed by atoms with E-state index < -0.39 is 0 Å². The van der Waals surface area contributed by atoms with E-state index in [0.717, 1.165) is 30.6 Å². The van der Waals surface area contributed by atoms with Crippen LogP contribution >= 0.6 is 0 Å². The molecule has 0 spiro atoms. The van der Waals surface area contributed by atoms with Crippen molar-refractivity contribution in [2.75, 3.05) is 13.1 Å². The van der Waals surface area contributed by atoms with Gasteiger partial charge in [-0.3, -0.25) is 14.2 Å². The minimum Gasteiger partial charge on any atom is -0.343 e. The molecule has 2 aromatic heterocycles. The van der Waals surface area contributed by atoms with Gasteiger partial charge in [-0.15, -0.1) is 0 Å². The third-order valence-corrected chi connectivity index (χ3v) is 5.22. The molecule has 154 valence electrons. The molecule has 2 heterocycles. The summed E-state index contributed by atoms with van der Waals surface area (Å²) < 4.78 is 3.26. The van der Waals surface area contributed by atoms with Crippen molar-refractivity contribution >= 4 is 16.9 Å². The van der Waals surface area contributed by atoms with Crippen LogP contribution in [0.4, 0.5) is 0 Å². The van der Waals surface area contributed by atoms with E-state index in [1.165, 1.54) is 0 Å². The molecule has 0 unspecified atom stereocenters. The van der Waals surface area contributed by atoms with Gasteiger partial charge in [0.05, 0.1) is 11.9 Å². The smallest absolute Gasteiger partial charge is 0.264 e. The number of hydrogen-bond donors (Lipinski definition) is 0. The van der Waals surface area contributed by atoms with Crippen molar-refractivity contribution in [1.82, 2.24) is 24.2 Å². The van der Waals surface area contributed by atoms with Gasteiger partial charge in [-0.1, -0.05) is 31.0 Å². The molecule has 0 N–H and O–H groups in total. The maximum atomic E-state index is 13.0. The van der Waals surface area contributed by atoms with E-state index in [1.54, 1.807) is 22.4 Å². The van der Waals surface area contributed by atoms with Gasteiger partial charge < -0.3 is 4.90 Å². The lowest BCUT2D eigenvalue weighted by Gasteiger charge is -2.21. The molecule has 1 aromatic carbocycles. The highest BCUT2D eigenvalue weighted by Gasteiger charge is 2.16. The Labute approximate surface area is 171 Å². The second kappa shape index (κ2) is 9.03. The second-order valence-electron chi connectivity index (χ2n) is 7.32. The maximum Gasteiger partial charge on any atom is 0.264 e. The number of hydrogen-bond acceptors (Lipinski definition) is 4. The van der Waals surface area contributed by atoms with E-state index in [4.69, 9.17) is 0 Å². The highest BCUT2D eigenvalue weighted by atomic mass is 16.2. The molecule has 0 fully saturated rings. The molecule has 0 atom stereocenters. The summed E-state index contributed by atoms with van der Waals surface area (Å²) in [6.07, 6.45) is 3.89.